The molecule has 6 heteroatoms. The lowest BCUT2D eigenvalue weighted by molar-refractivity contribution is 0.0956. The molecule has 1 saturated heterocycles. The third kappa shape index (κ3) is 6.23. The van der Waals surface area contributed by atoms with E-state index in [2.05, 4.69) is 41.6 Å². The lowest BCUT2D eigenvalue weighted by Gasteiger charge is -2.38. The summed E-state index contributed by atoms with van der Waals surface area (Å²) in [5, 5.41) is 8.71. The Labute approximate surface area is 169 Å². The Morgan fingerprint density at radius 1 is 1.18 bits per heavy atom. The number of nitrogens with one attached hydrogen (secondary N) is 3. The zero-order valence-corrected chi connectivity index (χ0v) is 18.0. The largest absolute Gasteiger partial charge is 0.352 e. The van der Waals surface area contributed by atoms with Crippen LogP contribution in [0.25, 0.3) is 0 Å². The third-order valence-electron chi connectivity index (χ3n) is 5.61. The molecule has 1 fully saturated rings. The van der Waals surface area contributed by atoms with Crippen molar-refractivity contribution in [3.05, 3.63) is 29.3 Å². The number of hydrogen-bond donors (Lipinski definition) is 3. The number of nitrogens with zero attached hydrogens (tertiary/aromatic N) is 1. The standard InChI is InChI=1S/C22H36N4O2/c1-6-23-21(27)18-8-7-17(5)19(13-18)25-22(28)24-14-20(15(2)3)26-11-9-16(4)10-12-26/h7-8,13,15-16,20H,6,9-12,14H2,1-5H3,(H,23,27)(H2,24,25,28). The fraction of sp³-hybridized carbons (Fsp3) is 0.636. The van der Waals surface area contributed by atoms with Gasteiger partial charge in [-0.3, -0.25) is 9.69 Å². The average molecular weight is 389 g/mol. The lowest BCUT2D eigenvalue weighted by atomic mass is 9.94. The zero-order valence-electron chi connectivity index (χ0n) is 18.0. The molecule has 0 aliphatic carbocycles. The Hall–Kier alpha value is -2.08. The van der Waals surface area contributed by atoms with Crippen molar-refractivity contribution < 1.29 is 9.59 Å². The summed E-state index contributed by atoms with van der Waals surface area (Å²) < 4.78 is 0. The van der Waals surface area contributed by atoms with Crippen LogP contribution in [-0.4, -0.2) is 49.1 Å². The van der Waals surface area contributed by atoms with Crippen molar-refractivity contribution in [1.29, 1.82) is 0 Å². The van der Waals surface area contributed by atoms with Crippen molar-refractivity contribution in [2.24, 2.45) is 11.8 Å². The van der Waals surface area contributed by atoms with Crippen LogP contribution in [-0.2, 0) is 0 Å². The van der Waals surface area contributed by atoms with Gasteiger partial charge in [-0.05, 0) is 69.3 Å². The SMILES string of the molecule is CCNC(=O)c1ccc(C)c(NC(=O)NCC(C(C)C)N2CCC(C)CC2)c1. The van der Waals surface area contributed by atoms with Crippen LogP contribution >= 0.6 is 0 Å². The van der Waals surface area contributed by atoms with Gasteiger partial charge in [0.05, 0.1) is 0 Å². The molecule has 1 unspecified atom stereocenters. The molecule has 1 aromatic carbocycles. The molecule has 0 radical (unpaired) electrons. The molecule has 1 aromatic rings. The smallest absolute Gasteiger partial charge is 0.319 e. The molecule has 28 heavy (non-hydrogen) atoms. The van der Waals surface area contributed by atoms with E-state index in [9.17, 15) is 9.59 Å². The summed E-state index contributed by atoms with van der Waals surface area (Å²) in [5.41, 5.74) is 2.13. The molecular weight excluding hydrogens is 352 g/mol. The lowest BCUT2D eigenvalue weighted by Crippen LogP contribution is -2.50. The van der Waals surface area contributed by atoms with E-state index in [0.29, 0.717) is 36.3 Å². The minimum Gasteiger partial charge on any atom is -0.352 e. The minimum absolute atomic E-state index is 0.134. The van der Waals surface area contributed by atoms with Crippen LogP contribution in [0, 0.1) is 18.8 Å². The van der Waals surface area contributed by atoms with Crippen LogP contribution in [0.4, 0.5) is 10.5 Å². The number of likely N-dealkylation sites (tertiary alicyclic amines) is 1. The predicted molar refractivity (Wildman–Crippen MR) is 115 cm³/mol. The first-order chi connectivity index (χ1) is 13.3. The minimum atomic E-state index is -0.229. The van der Waals surface area contributed by atoms with Crippen molar-refractivity contribution in [1.82, 2.24) is 15.5 Å². The number of rotatable bonds is 7. The van der Waals surface area contributed by atoms with Gasteiger partial charge in [-0.1, -0.05) is 26.8 Å². The Morgan fingerprint density at radius 3 is 2.46 bits per heavy atom. The number of urea groups is 1. The second kappa shape index (κ2) is 10.5. The molecule has 0 saturated carbocycles. The molecule has 156 valence electrons. The molecule has 0 aromatic heterocycles. The van der Waals surface area contributed by atoms with E-state index in [1.165, 1.54) is 12.8 Å². The topological polar surface area (TPSA) is 73.5 Å². The number of carbonyl (C=O) groups excluding carboxylic acids is 2. The van der Waals surface area contributed by atoms with Gasteiger partial charge in [-0.2, -0.15) is 0 Å². The molecule has 1 heterocycles. The highest BCUT2D eigenvalue weighted by atomic mass is 16.2. The molecule has 0 bridgehead atoms. The number of aryl methyl sites for hydroxylation is 1. The number of hydrogen-bond acceptors (Lipinski definition) is 3. The average Bonchev–Trinajstić information content (AvgIpc) is 2.65. The van der Waals surface area contributed by atoms with Gasteiger partial charge in [-0.15, -0.1) is 0 Å². The molecule has 1 aliphatic heterocycles. The Balaban J connectivity index is 1.95. The normalized spacial score (nSPS) is 16.6. The van der Waals surface area contributed by atoms with Gasteiger partial charge in [0.15, 0.2) is 0 Å². The van der Waals surface area contributed by atoms with E-state index in [1.54, 1.807) is 12.1 Å². The second-order valence-corrected chi connectivity index (χ2v) is 8.25. The van der Waals surface area contributed by atoms with Crippen LogP contribution in [0.5, 0.6) is 0 Å². The second-order valence-electron chi connectivity index (χ2n) is 8.25. The Morgan fingerprint density at radius 2 is 1.86 bits per heavy atom. The summed E-state index contributed by atoms with van der Waals surface area (Å²) in [4.78, 5) is 27.0. The molecular formula is C22H36N4O2. The highest BCUT2D eigenvalue weighted by Gasteiger charge is 2.26. The molecule has 3 amide bonds. The van der Waals surface area contributed by atoms with Gasteiger partial charge in [0, 0.05) is 30.4 Å². The third-order valence-corrected chi connectivity index (χ3v) is 5.61. The van der Waals surface area contributed by atoms with Gasteiger partial charge in [0.2, 0.25) is 0 Å². The summed E-state index contributed by atoms with van der Waals surface area (Å²) >= 11 is 0. The van der Waals surface area contributed by atoms with E-state index in [1.807, 2.05) is 19.9 Å². The van der Waals surface area contributed by atoms with Gasteiger partial charge in [0.25, 0.3) is 5.91 Å². The maximum absolute atomic E-state index is 12.5. The van der Waals surface area contributed by atoms with E-state index in [4.69, 9.17) is 0 Å². The van der Waals surface area contributed by atoms with Gasteiger partial charge < -0.3 is 16.0 Å². The summed E-state index contributed by atoms with van der Waals surface area (Å²) in [7, 11) is 0. The Kier molecular flexibility index (Phi) is 8.30. The number of piperidine rings is 1. The van der Waals surface area contributed by atoms with Gasteiger partial charge >= 0.3 is 6.03 Å². The van der Waals surface area contributed by atoms with Crippen molar-refractivity contribution >= 4 is 17.6 Å². The maximum Gasteiger partial charge on any atom is 0.319 e. The van der Waals surface area contributed by atoms with Gasteiger partial charge in [0.1, 0.15) is 0 Å². The highest BCUT2D eigenvalue weighted by molar-refractivity contribution is 5.97. The van der Waals surface area contributed by atoms with E-state index < -0.39 is 0 Å². The summed E-state index contributed by atoms with van der Waals surface area (Å²) in [6.45, 7) is 13.9. The summed E-state index contributed by atoms with van der Waals surface area (Å²) in [5.74, 6) is 1.13. The van der Waals surface area contributed by atoms with Crippen LogP contribution in [0.1, 0.15) is 56.5 Å². The molecule has 6 nitrogen and oxygen atoms in total. The maximum atomic E-state index is 12.5. The first kappa shape index (κ1) is 22.2. The highest BCUT2D eigenvalue weighted by Crippen LogP contribution is 2.21. The number of anilines is 1. The molecule has 1 atom stereocenters. The van der Waals surface area contributed by atoms with Crippen LogP contribution < -0.4 is 16.0 Å². The number of benzene rings is 1. The fourth-order valence-electron chi connectivity index (χ4n) is 3.67. The van der Waals surface area contributed by atoms with Crippen molar-refractivity contribution in [3.8, 4) is 0 Å². The monoisotopic (exact) mass is 388 g/mol. The number of amides is 3. The van der Waals surface area contributed by atoms with Crippen LogP contribution in [0.3, 0.4) is 0 Å². The first-order valence-electron chi connectivity index (χ1n) is 10.5. The molecule has 3 N–H and O–H groups in total. The fourth-order valence-corrected chi connectivity index (χ4v) is 3.67. The van der Waals surface area contributed by atoms with E-state index in [0.717, 1.165) is 24.6 Å². The van der Waals surface area contributed by atoms with Crippen molar-refractivity contribution in [2.45, 2.75) is 53.5 Å². The summed E-state index contributed by atoms with van der Waals surface area (Å²) in [6, 6.07) is 5.46. The molecule has 0 spiro atoms. The summed E-state index contributed by atoms with van der Waals surface area (Å²) in [6.07, 6.45) is 2.45. The van der Waals surface area contributed by atoms with Gasteiger partial charge in [-0.25, -0.2) is 4.79 Å². The predicted octanol–water partition coefficient (Wildman–Crippen LogP) is 3.62. The number of carbonyl (C=O) groups is 2. The molecule has 2 rings (SSSR count). The Bertz CT molecular complexity index is 667. The van der Waals surface area contributed by atoms with Crippen molar-refractivity contribution in [3.63, 3.8) is 0 Å². The van der Waals surface area contributed by atoms with E-state index >= 15 is 0 Å². The molecule has 1 aliphatic rings. The van der Waals surface area contributed by atoms with Crippen molar-refractivity contribution in [2.75, 3.05) is 31.5 Å². The quantitative estimate of drug-likeness (QED) is 0.668. The van der Waals surface area contributed by atoms with Crippen LogP contribution in [0.15, 0.2) is 18.2 Å². The zero-order chi connectivity index (χ0) is 20.7. The van der Waals surface area contributed by atoms with E-state index in [-0.39, 0.29) is 11.9 Å². The van der Waals surface area contributed by atoms with Crippen LogP contribution in [0.2, 0.25) is 0 Å². The first-order valence-corrected chi connectivity index (χ1v) is 10.5.